The number of carbonyl (C=O) groups is 1. The van der Waals surface area contributed by atoms with Gasteiger partial charge in [-0.05, 0) is 19.1 Å². The minimum atomic E-state index is -0.229. The van der Waals surface area contributed by atoms with Gasteiger partial charge in [-0.25, -0.2) is 0 Å². The summed E-state index contributed by atoms with van der Waals surface area (Å²) in [6, 6.07) is 7.66. The lowest BCUT2D eigenvalue weighted by Crippen LogP contribution is -2.52. The molecule has 1 unspecified atom stereocenters. The van der Waals surface area contributed by atoms with Gasteiger partial charge in [0.2, 0.25) is 5.91 Å². The van der Waals surface area contributed by atoms with E-state index in [4.69, 9.17) is 9.47 Å². The first-order valence-electron chi connectivity index (χ1n) is 6.92. The number of nitrogens with zero attached hydrogens (tertiary/aromatic N) is 1. The topological polar surface area (TPSA) is 50.8 Å². The van der Waals surface area contributed by atoms with Crippen LogP contribution in [0.1, 0.15) is 5.56 Å². The molecule has 5 nitrogen and oxygen atoms in total. The summed E-state index contributed by atoms with van der Waals surface area (Å²) in [4.78, 5) is 13.8. The third-order valence-electron chi connectivity index (χ3n) is 3.31. The lowest BCUT2D eigenvalue weighted by molar-refractivity contribution is -0.135. The van der Waals surface area contributed by atoms with Gasteiger partial charge in [-0.1, -0.05) is 17.7 Å². The van der Waals surface area contributed by atoms with Crippen LogP contribution in [0.3, 0.4) is 0 Å². The van der Waals surface area contributed by atoms with Gasteiger partial charge < -0.3 is 19.7 Å². The van der Waals surface area contributed by atoms with Crippen molar-refractivity contribution in [3.05, 3.63) is 29.8 Å². The fourth-order valence-electron chi connectivity index (χ4n) is 2.04. The van der Waals surface area contributed by atoms with Crippen molar-refractivity contribution in [2.24, 2.45) is 0 Å². The van der Waals surface area contributed by atoms with E-state index < -0.39 is 0 Å². The normalized spacial score (nSPS) is 17.7. The van der Waals surface area contributed by atoms with Gasteiger partial charge in [-0.2, -0.15) is 0 Å². The highest BCUT2D eigenvalue weighted by Gasteiger charge is 2.23. The molecule has 2 rings (SSSR count). The minimum absolute atomic E-state index is 0. The number of amides is 1. The molecule has 0 saturated carbocycles. The summed E-state index contributed by atoms with van der Waals surface area (Å²) in [7, 11) is 1.79. The Balaban J connectivity index is 0.00000220. The number of likely N-dealkylation sites (N-methyl/N-ethyl adjacent to an activating group) is 1. The van der Waals surface area contributed by atoms with Crippen molar-refractivity contribution in [2.75, 3.05) is 40.0 Å². The fourth-order valence-corrected chi connectivity index (χ4v) is 2.04. The molecule has 1 aliphatic rings. The number of benzene rings is 1. The zero-order chi connectivity index (χ0) is 14.4. The molecule has 0 aliphatic carbocycles. The molecule has 21 heavy (non-hydrogen) atoms. The number of carbonyl (C=O) groups excluding carboxylic acids is 1. The second kappa shape index (κ2) is 8.87. The van der Waals surface area contributed by atoms with Crippen LogP contribution >= 0.6 is 12.4 Å². The Labute approximate surface area is 132 Å². The summed E-state index contributed by atoms with van der Waals surface area (Å²) in [5.41, 5.74) is 1.20. The molecule has 1 N–H and O–H groups in total. The number of morpholine rings is 1. The van der Waals surface area contributed by atoms with Crippen LogP contribution in [0, 0.1) is 6.92 Å². The van der Waals surface area contributed by atoms with Gasteiger partial charge in [0.05, 0.1) is 19.8 Å². The Morgan fingerprint density at radius 2 is 2.14 bits per heavy atom. The van der Waals surface area contributed by atoms with E-state index in [1.54, 1.807) is 11.9 Å². The van der Waals surface area contributed by atoms with Crippen LogP contribution in [0.4, 0.5) is 0 Å². The first kappa shape index (κ1) is 17.8. The molecule has 1 atom stereocenters. The first-order chi connectivity index (χ1) is 9.66. The average Bonchev–Trinajstić information content (AvgIpc) is 2.49. The summed E-state index contributed by atoms with van der Waals surface area (Å²) in [6.45, 7) is 4.93. The van der Waals surface area contributed by atoms with Gasteiger partial charge in [0.25, 0.3) is 0 Å². The second-order valence-electron chi connectivity index (χ2n) is 5.00. The molecule has 1 heterocycles. The van der Waals surface area contributed by atoms with Crippen LogP contribution in [0.2, 0.25) is 0 Å². The first-order valence-corrected chi connectivity index (χ1v) is 6.92. The molecule has 0 aromatic heterocycles. The van der Waals surface area contributed by atoms with Crippen molar-refractivity contribution in [2.45, 2.75) is 13.0 Å². The molecule has 0 spiro atoms. The van der Waals surface area contributed by atoms with Crippen LogP contribution in [-0.4, -0.2) is 56.8 Å². The highest BCUT2D eigenvalue weighted by atomic mass is 35.5. The van der Waals surface area contributed by atoms with Crippen molar-refractivity contribution in [1.29, 1.82) is 0 Å². The van der Waals surface area contributed by atoms with Gasteiger partial charge in [-0.3, -0.25) is 4.79 Å². The largest absolute Gasteiger partial charge is 0.492 e. The number of ether oxygens (including phenoxy) is 2. The number of hydrogen-bond acceptors (Lipinski definition) is 4. The molecule has 6 heteroatoms. The van der Waals surface area contributed by atoms with Crippen LogP contribution in [0.25, 0.3) is 0 Å². The summed E-state index contributed by atoms with van der Waals surface area (Å²) in [5.74, 6) is 0.882. The van der Waals surface area contributed by atoms with Gasteiger partial charge in [-0.15, -0.1) is 12.4 Å². The van der Waals surface area contributed by atoms with E-state index in [0.717, 1.165) is 12.3 Å². The Kier molecular flexibility index (Phi) is 7.50. The van der Waals surface area contributed by atoms with E-state index >= 15 is 0 Å². The van der Waals surface area contributed by atoms with Gasteiger partial charge in [0.15, 0.2) is 0 Å². The van der Waals surface area contributed by atoms with Crippen LogP contribution < -0.4 is 10.1 Å². The summed E-state index contributed by atoms with van der Waals surface area (Å²) in [6.07, 6.45) is 0. The number of nitrogens with one attached hydrogen (secondary N) is 1. The second-order valence-corrected chi connectivity index (χ2v) is 5.00. The predicted octanol–water partition coefficient (Wildman–Crippen LogP) is 1.24. The SMILES string of the molecule is Cc1ccc(OCCN(C)C(=O)C2COCCN2)cc1.Cl. The molecular weight excluding hydrogens is 292 g/mol. The van der Waals surface area contributed by atoms with E-state index in [0.29, 0.717) is 26.4 Å². The number of rotatable bonds is 5. The lowest BCUT2D eigenvalue weighted by atomic mass is 10.2. The van der Waals surface area contributed by atoms with E-state index in [1.165, 1.54) is 5.56 Å². The summed E-state index contributed by atoms with van der Waals surface area (Å²) >= 11 is 0. The Bertz CT molecular complexity index is 433. The molecule has 0 radical (unpaired) electrons. The van der Waals surface area contributed by atoms with Crippen LogP contribution in [-0.2, 0) is 9.53 Å². The van der Waals surface area contributed by atoms with Crippen molar-refractivity contribution >= 4 is 18.3 Å². The summed E-state index contributed by atoms with van der Waals surface area (Å²) in [5, 5.41) is 3.16. The quantitative estimate of drug-likeness (QED) is 0.888. The molecule has 1 aromatic carbocycles. The molecule has 1 aliphatic heterocycles. The zero-order valence-electron chi connectivity index (χ0n) is 12.5. The molecule has 1 saturated heterocycles. The molecule has 118 valence electrons. The van der Waals surface area contributed by atoms with Crippen LogP contribution in [0.5, 0.6) is 5.75 Å². The van der Waals surface area contributed by atoms with E-state index in [-0.39, 0.29) is 24.4 Å². The van der Waals surface area contributed by atoms with Crippen molar-refractivity contribution in [3.8, 4) is 5.75 Å². The lowest BCUT2D eigenvalue weighted by Gasteiger charge is -2.27. The molecular formula is C15H23ClN2O3. The van der Waals surface area contributed by atoms with E-state index in [9.17, 15) is 4.79 Å². The van der Waals surface area contributed by atoms with Crippen LogP contribution in [0.15, 0.2) is 24.3 Å². The van der Waals surface area contributed by atoms with E-state index in [2.05, 4.69) is 5.32 Å². The number of halogens is 1. The Morgan fingerprint density at radius 3 is 2.76 bits per heavy atom. The van der Waals surface area contributed by atoms with Crippen molar-refractivity contribution in [1.82, 2.24) is 10.2 Å². The van der Waals surface area contributed by atoms with E-state index in [1.807, 2.05) is 31.2 Å². The number of aryl methyl sites for hydroxylation is 1. The Morgan fingerprint density at radius 1 is 1.43 bits per heavy atom. The highest BCUT2D eigenvalue weighted by molar-refractivity contribution is 5.85. The molecule has 1 fully saturated rings. The molecule has 1 aromatic rings. The monoisotopic (exact) mass is 314 g/mol. The van der Waals surface area contributed by atoms with Crippen molar-refractivity contribution in [3.63, 3.8) is 0 Å². The highest BCUT2D eigenvalue weighted by Crippen LogP contribution is 2.11. The fraction of sp³-hybridized carbons (Fsp3) is 0.533. The van der Waals surface area contributed by atoms with Gasteiger partial charge in [0, 0.05) is 13.6 Å². The molecule has 1 amide bonds. The average molecular weight is 315 g/mol. The zero-order valence-corrected chi connectivity index (χ0v) is 13.3. The maximum Gasteiger partial charge on any atom is 0.241 e. The van der Waals surface area contributed by atoms with Crippen molar-refractivity contribution < 1.29 is 14.3 Å². The van der Waals surface area contributed by atoms with Gasteiger partial charge in [0.1, 0.15) is 18.4 Å². The molecule has 0 bridgehead atoms. The van der Waals surface area contributed by atoms with Gasteiger partial charge >= 0.3 is 0 Å². The third-order valence-corrected chi connectivity index (χ3v) is 3.31. The Hall–Kier alpha value is -1.30. The minimum Gasteiger partial charge on any atom is -0.492 e. The number of hydrogen-bond donors (Lipinski definition) is 1. The smallest absolute Gasteiger partial charge is 0.241 e. The summed E-state index contributed by atoms with van der Waals surface area (Å²) < 4.78 is 10.9. The predicted molar refractivity (Wildman–Crippen MR) is 84.2 cm³/mol. The standard InChI is InChI=1S/C15H22N2O3.ClH/c1-12-3-5-13(6-4-12)20-10-8-17(2)15(18)14-11-19-9-7-16-14;/h3-6,14,16H,7-11H2,1-2H3;1H. The third kappa shape index (κ3) is 5.53. The maximum atomic E-state index is 12.1. The maximum absolute atomic E-state index is 12.1.